The van der Waals surface area contributed by atoms with Crippen LogP contribution < -0.4 is 10.6 Å². The molecule has 3 rings (SSSR count). The van der Waals surface area contributed by atoms with E-state index in [1.165, 1.54) is 0 Å². The molecule has 2 aromatic rings. The van der Waals surface area contributed by atoms with Crippen molar-refractivity contribution in [3.63, 3.8) is 0 Å². The molecule has 1 saturated heterocycles. The molecule has 158 valence electrons. The van der Waals surface area contributed by atoms with E-state index in [2.05, 4.69) is 17.6 Å². The predicted molar refractivity (Wildman–Crippen MR) is 116 cm³/mol. The summed E-state index contributed by atoms with van der Waals surface area (Å²) < 4.78 is 0. The van der Waals surface area contributed by atoms with E-state index in [1.807, 2.05) is 67.6 Å². The van der Waals surface area contributed by atoms with E-state index in [9.17, 15) is 14.4 Å². The summed E-state index contributed by atoms with van der Waals surface area (Å²) in [6.07, 6.45) is 2.07. The van der Waals surface area contributed by atoms with Crippen molar-refractivity contribution >= 4 is 17.8 Å². The third-order valence-corrected chi connectivity index (χ3v) is 5.68. The van der Waals surface area contributed by atoms with Crippen molar-refractivity contribution in [2.75, 3.05) is 13.1 Å². The van der Waals surface area contributed by atoms with Crippen LogP contribution in [0.5, 0.6) is 0 Å². The van der Waals surface area contributed by atoms with Crippen LogP contribution in [-0.4, -0.2) is 35.8 Å². The quantitative estimate of drug-likeness (QED) is 0.624. The molecular formula is C24H29N3O3. The summed E-state index contributed by atoms with van der Waals surface area (Å²) in [6.45, 7) is 4.21. The molecule has 0 spiro atoms. The molecule has 0 aromatic heterocycles. The summed E-state index contributed by atoms with van der Waals surface area (Å²) >= 11 is 0. The van der Waals surface area contributed by atoms with Crippen molar-refractivity contribution in [1.82, 2.24) is 15.5 Å². The molecule has 0 aliphatic carbocycles. The summed E-state index contributed by atoms with van der Waals surface area (Å²) in [5, 5.41) is 5.74. The molecule has 0 radical (unpaired) electrons. The molecule has 2 aromatic carbocycles. The zero-order valence-corrected chi connectivity index (χ0v) is 17.6. The number of hydrogen-bond acceptors (Lipinski definition) is 3. The maximum atomic E-state index is 13.2. The van der Waals surface area contributed by atoms with Crippen LogP contribution >= 0.6 is 0 Å². The lowest BCUT2D eigenvalue weighted by Gasteiger charge is -2.27. The summed E-state index contributed by atoms with van der Waals surface area (Å²) in [6, 6.07) is 18.7. The zero-order valence-electron chi connectivity index (χ0n) is 17.6. The topological polar surface area (TPSA) is 78.5 Å². The van der Waals surface area contributed by atoms with Gasteiger partial charge < -0.3 is 10.6 Å². The molecule has 6 nitrogen and oxygen atoms in total. The number of urea groups is 1. The highest BCUT2D eigenvalue weighted by molar-refractivity contribution is 6.09. The highest BCUT2D eigenvalue weighted by Crippen LogP contribution is 2.33. The van der Waals surface area contributed by atoms with Crippen LogP contribution in [0, 0.1) is 0 Å². The fourth-order valence-electron chi connectivity index (χ4n) is 4.04. The van der Waals surface area contributed by atoms with Gasteiger partial charge >= 0.3 is 6.03 Å². The lowest BCUT2D eigenvalue weighted by molar-refractivity contribution is -0.135. The molecule has 1 fully saturated rings. The number of amides is 4. The lowest BCUT2D eigenvalue weighted by Crippen LogP contribution is -2.45. The van der Waals surface area contributed by atoms with Gasteiger partial charge in [0.1, 0.15) is 12.1 Å². The molecule has 0 bridgehead atoms. The fourth-order valence-corrected chi connectivity index (χ4v) is 4.04. The van der Waals surface area contributed by atoms with E-state index in [0.717, 1.165) is 28.9 Å². The Labute approximate surface area is 177 Å². The zero-order chi connectivity index (χ0) is 21.6. The van der Waals surface area contributed by atoms with Gasteiger partial charge in [0.15, 0.2) is 0 Å². The minimum Gasteiger partial charge on any atom is -0.354 e. The van der Waals surface area contributed by atoms with E-state index >= 15 is 0 Å². The molecule has 1 aliphatic rings. The van der Waals surface area contributed by atoms with Gasteiger partial charge in [-0.1, -0.05) is 80.9 Å². The summed E-state index contributed by atoms with van der Waals surface area (Å²) in [5.41, 5.74) is 0.785. The number of carbonyl (C=O) groups is 3. The standard InChI is InChI=1S/C24H29N3O3/c1-3-15-24(20-13-9-6-10-14-20)22(29)27(23(30)26-24)17-21(28)25-16-18(4-2)19-11-7-5-8-12-19/h5-14,18H,3-4,15-17H2,1-2H3,(H,25,28)(H,26,30)/t18-,24-/m0/s1. The van der Waals surface area contributed by atoms with Gasteiger partial charge in [-0.15, -0.1) is 0 Å². The van der Waals surface area contributed by atoms with Crippen molar-refractivity contribution in [2.24, 2.45) is 0 Å². The minimum absolute atomic E-state index is 0.182. The highest BCUT2D eigenvalue weighted by Gasteiger charge is 2.52. The van der Waals surface area contributed by atoms with E-state index in [1.54, 1.807) is 0 Å². The third-order valence-electron chi connectivity index (χ3n) is 5.68. The SMILES string of the molecule is CCC[C@@]1(c2ccccc2)NC(=O)N(CC(=O)NC[C@H](CC)c2ccccc2)C1=O. The number of imide groups is 1. The summed E-state index contributed by atoms with van der Waals surface area (Å²) in [7, 11) is 0. The molecule has 0 saturated carbocycles. The lowest BCUT2D eigenvalue weighted by atomic mass is 9.85. The molecule has 2 N–H and O–H groups in total. The Balaban J connectivity index is 1.68. The van der Waals surface area contributed by atoms with Gasteiger partial charge in [-0.3, -0.25) is 14.5 Å². The maximum absolute atomic E-state index is 13.2. The van der Waals surface area contributed by atoms with Gasteiger partial charge in [-0.05, 0) is 24.0 Å². The van der Waals surface area contributed by atoms with Gasteiger partial charge in [-0.25, -0.2) is 4.79 Å². The Morgan fingerprint density at radius 2 is 1.67 bits per heavy atom. The maximum Gasteiger partial charge on any atom is 0.325 e. The Bertz CT molecular complexity index is 885. The first kappa shape index (κ1) is 21.6. The number of rotatable bonds is 9. The van der Waals surface area contributed by atoms with E-state index < -0.39 is 11.6 Å². The van der Waals surface area contributed by atoms with Gasteiger partial charge in [0, 0.05) is 12.5 Å². The largest absolute Gasteiger partial charge is 0.354 e. The van der Waals surface area contributed by atoms with Crippen molar-refractivity contribution < 1.29 is 14.4 Å². The van der Waals surface area contributed by atoms with Crippen molar-refractivity contribution in [3.05, 3.63) is 71.8 Å². The van der Waals surface area contributed by atoms with Crippen LogP contribution in [-0.2, 0) is 15.1 Å². The molecule has 6 heteroatoms. The van der Waals surface area contributed by atoms with E-state index in [-0.39, 0.29) is 24.3 Å². The van der Waals surface area contributed by atoms with Crippen molar-refractivity contribution in [3.8, 4) is 0 Å². The molecule has 2 atom stereocenters. The molecule has 30 heavy (non-hydrogen) atoms. The van der Waals surface area contributed by atoms with Gasteiger partial charge in [0.25, 0.3) is 5.91 Å². The first-order valence-electron chi connectivity index (χ1n) is 10.5. The van der Waals surface area contributed by atoms with Crippen LogP contribution in [0.4, 0.5) is 4.79 Å². The Morgan fingerprint density at radius 1 is 1.03 bits per heavy atom. The second kappa shape index (κ2) is 9.57. The van der Waals surface area contributed by atoms with Crippen LogP contribution in [0.3, 0.4) is 0 Å². The number of nitrogens with zero attached hydrogens (tertiary/aromatic N) is 1. The predicted octanol–water partition coefficient (Wildman–Crippen LogP) is 3.54. The normalized spacial score (nSPS) is 19.5. The molecular weight excluding hydrogens is 378 g/mol. The van der Waals surface area contributed by atoms with Gasteiger partial charge in [-0.2, -0.15) is 0 Å². The monoisotopic (exact) mass is 407 g/mol. The van der Waals surface area contributed by atoms with Crippen molar-refractivity contribution in [2.45, 2.75) is 44.6 Å². The molecule has 4 amide bonds. The van der Waals surface area contributed by atoms with Crippen LogP contribution in [0.2, 0.25) is 0 Å². The molecule has 0 unspecified atom stereocenters. The molecule has 1 heterocycles. The Kier molecular flexibility index (Phi) is 6.87. The fraction of sp³-hybridized carbons (Fsp3) is 0.375. The summed E-state index contributed by atoms with van der Waals surface area (Å²) in [5.74, 6) is -0.527. The minimum atomic E-state index is -1.11. The highest BCUT2D eigenvalue weighted by atomic mass is 16.2. The second-order valence-corrected chi connectivity index (χ2v) is 7.66. The van der Waals surface area contributed by atoms with Crippen LogP contribution in [0.1, 0.15) is 50.2 Å². The Morgan fingerprint density at radius 3 is 2.27 bits per heavy atom. The first-order valence-corrected chi connectivity index (χ1v) is 10.5. The van der Waals surface area contributed by atoms with Gasteiger partial charge in [0.05, 0.1) is 0 Å². The molecule has 1 aliphatic heterocycles. The van der Waals surface area contributed by atoms with Crippen LogP contribution in [0.15, 0.2) is 60.7 Å². The van der Waals surface area contributed by atoms with E-state index in [0.29, 0.717) is 13.0 Å². The van der Waals surface area contributed by atoms with Gasteiger partial charge in [0.2, 0.25) is 5.91 Å². The first-order chi connectivity index (χ1) is 14.5. The van der Waals surface area contributed by atoms with E-state index in [4.69, 9.17) is 0 Å². The number of hydrogen-bond donors (Lipinski definition) is 2. The summed E-state index contributed by atoms with van der Waals surface area (Å²) in [4.78, 5) is 39.4. The average molecular weight is 408 g/mol. The van der Waals surface area contributed by atoms with Crippen molar-refractivity contribution in [1.29, 1.82) is 0 Å². The van der Waals surface area contributed by atoms with Crippen LogP contribution in [0.25, 0.3) is 0 Å². The second-order valence-electron chi connectivity index (χ2n) is 7.66. The number of nitrogens with one attached hydrogen (secondary N) is 2. The third kappa shape index (κ3) is 4.37. The Hall–Kier alpha value is -3.15. The smallest absolute Gasteiger partial charge is 0.325 e. The number of carbonyl (C=O) groups excluding carboxylic acids is 3. The number of benzene rings is 2. The average Bonchev–Trinajstić information content (AvgIpc) is 3.01.